The van der Waals surface area contributed by atoms with Crippen molar-refractivity contribution in [2.75, 3.05) is 13.1 Å². The maximum atomic E-state index is 10.8. The Morgan fingerprint density at radius 3 is 2.31 bits per heavy atom. The van der Waals surface area contributed by atoms with Crippen LogP contribution in [0.4, 0.5) is 0 Å². The van der Waals surface area contributed by atoms with Crippen LogP contribution in [0, 0.1) is 5.92 Å². The van der Waals surface area contributed by atoms with E-state index in [4.69, 9.17) is 10.6 Å². The molecule has 0 bridgehead atoms. The third kappa shape index (κ3) is 3.02. The number of hydrogen-bond acceptors (Lipinski definition) is 4. The summed E-state index contributed by atoms with van der Waals surface area (Å²) < 4.78 is 0. The molecule has 0 aromatic heterocycles. The lowest BCUT2D eigenvalue weighted by atomic mass is 9.97. The standard InChI is InChI=1S/C8H14N2O3/c1-6(11)13-10-4-2-7(3-5-10)8(9)12/h7H,2-5H2,1H3,(H2,9,12). The fraction of sp³-hybridized carbons (Fsp3) is 0.750. The molecule has 0 saturated carbocycles. The van der Waals surface area contributed by atoms with Crippen LogP contribution in [0.5, 0.6) is 0 Å². The fourth-order valence-electron chi connectivity index (χ4n) is 1.41. The molecule has 5 nitrogen and oxygen atoms in total. The fourth-order valence-corrected chi connectivity index (χ4v) is 1.41. The van der Waals surface area contributed by atoms with Gasteiger partial charge in [-0.2, -0.15) is 0 Å². The smallest absolute Gasteiger partial charge is 0.322 e. The van der Waals surface area contributed by atoms with Crippen molar-refractivity contribution in [3.8, 4) is 0 Å². The van der Waals surface area contributed by atoms with E-state index >= 15 is 0 Å². The van der Waals surface area contributed by atoms with Crippen LogP contribution in [-0.4, -0.2) is 30.0 Å². The lowest BCUT2D eigenvalue weighted by molar-refractivity contribution is -0.193. The zero-order valence-corrected chi connectivity index (χ0v) is 7.66. The minimum Gasteiger partial charge on any atom is -0.369 e. The van der Waals surface area contributed by atoms with E-state index in [2.05, 4.69) is 0 Å². The number of nitrogens with zero attached hydrogens (tertiary/aromatic N) is 1. The third-order valence-electron chi connectivity index (χ3n) is 2.11. The molecule has 0 unspecified atom stereocenters. The lowest BCUT2D eigenvalue weighted by Crippen LogP contribution is -2.39. The maximum Gasteiger partial charge on any atom is 0.322 e. The molecule has 1 saturated heterocycles. The zero-order valence-electron chi connectivity index (χ0n) is 7.66. The van der Waals surface area contributed by atoms with Gasteiger partial charge in [-0.1, -0.05) is 0 Å². The summed E-state index contributed by atoms with van der Waals surface area (Å²) in [4.78, 5) is 26.2. The molecular weight excluding hydrogens is 172 g/mol. The van der Waals surface area contributed by atoms with Gasteiger partial charge in [-0.15, -0.1) is 5.06 Å². The number of nitrogens with two attached hydrogens (primary N) is 1. The molecule has 1 aliphatic heterocycles. The van der Waals surface area contributed by atoms with Gasteiger partial charge in [0, 0.05) is 25.9 Å². The van der Waals surface area contributed by atoms with Crippen LogP contribution in [0.1, 0.15) is 19.8 Å². The average molecular weight is 186 g/mol. The summed E-state index contributed by atoms with van der Waals surface area (Å²) in [6.45, 7) is 2.54. The molecule has 1 aliphatic rings. The van der Waals surface area contributed by atoms with Gasteiger partial charge in [0.2, 0.25) is 5.91 Å². The highest BCUT2D eigenvalue weighted by molar-refractivity contribution is 5.76. The van der Waals surface area contributed by atoms with E-state index in [1.807, 2.05) is 0 Å². The van der Waals surface area contributed by atoms with Crippen LogP contribution in [-0.2, 0) is 14.4 Å². The molecule has 1 rings (SSSR count). The van der Waals surface area contributed by atoms with Gasteiger partial charge in [-0.25, -0.2) is 0 Å². The van der Waals surface area contributed by atoms with Crippen molar-refractivity contribution in [1.29, 1.82) is 0 Å². The Labute approximate surface area is 76.8 Å². The van der Waals surface area contributed by atoms with E-state index in [0.29, 0.717) is 25.9 Å². The van der Waals surface area contributed by atoms with Gasteiger partial charge in [0.25, 0.3) is 0 Å². The summed E-state index contributed by atoms with van der Waals surface area (Å²) in [5, 5.41) is 1.57. The van der Waals surface area contributed by atoms with Crippen LogP contribution in [0.3, 0.4) is 0 Å². The molecule has 5 heteroatoms. The second-order valence-electron chi connectivity index (χ2n) is 3.19. The van der Waals surface area contributed by atoms with Crippen molar-refractivity contribution in [1.82, 2.24) is 5.06 Å². The first kappa shape index (κ1) is 9.98. The molecule has 74 valence electrons. The second-order valence-corrected chi connectivity index (χ2v) is 3.19. The molecule has 0 radical (unpaired) electrons. The summed E-state index contributed by atoms with van der Waals surface area (Å²) >= 11 is 0. The van der Waals surface area contributed by atoms with Crippen LogP contribution >= 0.6 is 0 Å². The average Bonchev–Trinajstić information content (AvgIpc) is 2.04. The first-order chi connectivity index (χ1) is 6.09. The molecule has 0 aromatic carbocycles. The largest absolute Gasteiger partial charge is 0.369 e. The minimum absolute atomic E-state index is 0.0631. The molecule has 0 spiro atoms. The highest BCUT2D eigenvalue weighted by atomic mass is 16.7. The van der Waals surface area contributed by atoms with Crippen LogP contribution < -0.4 is 5.73 Å². The van der Waals surface area contributed by atoms with Gasteiger partial charge in [0.05, 0.1) is 0 Å². The minimum atomic E-state index is -0.322. The quantitative estimate of drug-likeness (QED) is 0.640. The number of rotatable bonds is 2. The maximum absolute atomic E-state index is 10.8. The van der Waals surface area contributed by atoms with E-state index in [0.717, 1.165) is 0 Å². The Hall–Kier alpha value is -1.10. The summed E-state index contributed by atoms with van der Waals surface area (Å²) in [5.41, 5.74) is 5.15. The van der Waals surface area contributed by atoms with E-state index in [1.54, 1.807) is 5.06 Å². The van der Waals surface area contributed by atoms with Gasteiger partial charge < -0.3 is 10.6 Å². The van der Waals surface area contributed by atoms with Crippen molar-refractivity contribution < 1.29 is 14.4 Å². The molecule has 1 amide bonds. The molecular formula is C8H14N2O3. The van der Waals surface area contributed by atoms with Crippen LogP contribution in [0.15, 0.2) is 0 Å². The summed E-state index contributed by atoms with van der Waals surface area (Å²) in [7, 11) is 0. The van der Waals surface area contributed by atoms with Gasteiger partial charge in [0.1, 0.15) is 0 Å². The highest BCUT2D eigenvalue weighted by Crippen LogP contribution is 2.16. The zero-order chi connectivity index (χ0) is 9.84. The number of hydroxylamine groups is 2. The Morgan fingerprint density at radius 2 is 1.92 bits per heavy atom. The molecule has 1 fully saturated rings. The van der Waals surface area contributed by atoms with Crippen molar-refractivity contribution in [2.45, 2.75) is 19.8 Å². The topological polar surface area (TPSA) is 72.6 Å². The van der Waals surface area contributed by atoms with Crippen molar-refractivity contribution in [3.63, 3.8) is 0 Å². The monoisotopic (exact) mass is 186 g/mol. The Balaban J connectivity index is 2.30. The van der Waals surface area contributed by atoms with E-state index in [1.165, 1.54) is 6.92 Å². The third-order valence-corrected chi connectivity index (χ3v) is 2.11. The Morgan fingerprint density at radius 1 is 1.38 bits per heavy atom. The van der Waals surface area contributed by atoms with Gasteiger partial charge >= 0.3 is 5.97 Å². The summed E-state index contributed by atoms with van der Waals surface area (Å²) in [6.07, 6.45) is 1.34. The number of hydrogen-bond donors (Lipinski definition) is 1. The van der Waals surface area contributed by atoms with E-state index in [9.17, 15) is 9.59 Å². The van der Waals surface area contributed by atoms with Gasteiger partial charge in [-0.05, 0) is 12.8 Å². The predicted octanol–water partition coefficient (Wildman–Crippen LogP) is -0.338. The van der Waals surface area contributed by atoms with Crippen LogP contribution in [0.25, 0.3) is 0 Å². The first-order valence-corrected chi connectivity index (χ1v) is 4.32. The summed E-state index contributed by atoms with van der Waals surface area (Å²) in [5.74, 6) is -0.646. The number of piperidine rings is 1. The van der Waals surface area contributed by atoms with E-state index in [-0.39, 0.29) is 17.8 Å². The van der Waals surface area contributed by atoms with E-state index < -0.39 is 0 Å². The van der Waals surface area contributed by atoms with Gasteiger partial charge in [0.15, 0.2) is 0 Å². The number of carbonyl (C=O) groups is 2. The predicted molar refractivity (Wildman–Crippen MR) is 45.3 cm³/mol. The molecule has 2 N–H and O–H groups in total. The Bertz CT molecular complexity index is 209. The number of carbonyl (C=O) groups excluding carboxylic acids is 2. The normalized spacial score (nSPS) is 19.8. The molecule has 0 aromatic rings. The summed E-state index contributed by atoms with van der Waals surface area (Å²) in [6, 6.07) is 0. The first-order valence-electron chi connectivity index (χ1n) is 4.32. The molecule has 0 atom stereocenters. The molecule has 1 heterocycles. The van der Waals surface area contributed by atoms with Crippen LogP contribution in [0.2, 0.25) is 0 Å². The number of amides is 1. The van der Waals surface area contributed by atoms with Crippen molar-refractivity contribution in [3.05, 3.63) is 0 Å². The number of primary amides is 1. The van der Waals surface area contributed by atoms with Crippen molar-refractivity contribution in [2.24, 2.45) is 11.7 Å². The highest BCUT2D eigenvalue weighted by Gasteiger charge is 2.24. The lowest BCUT2D eigenvalue weighted by Gasteiger charge is -2.28. The Kier molecular flexibility index (Phi) is 3.25. The molecule has 13 heavy (non-hydrogen) atoms. The second kappa shape index (κ2) is 4.23. The van der Waals surface area contributed by atoms with Gasteiger partial charge in [-0.3, -0.25) is 9.59 Å². The van der Waals surface area contributed by atoms with Crippen molar-refractivity contribution >= 4 is 11.9 Å². The molecule has 0 aliphatic carbocycles. The SMILES string of the molecule is CC(=O)ON1CCC(C(N)=O)CC1.